The first-order chi connectivity index (χ1) is 9.16. The number of halogens is 1. The molecule has 0 bridgehead atoms. The van der Waals surface area contributed by atoms with Gasteiger partial charge in [-0.2, -0.15) is 0 Å². The molecule has 0 unspecified atom stereocenters. The second-order valence-electron chi connectivity index (χ2n) is 4.48. The molecule has 1 aliphatic rings. The van der Waals surface area contributed by atoms with Gasteiger partial charge in [0.05, 0.1) is 0 Å². The molecule has 0 fully saturated rings. The SMILES string of the molecule is O=C1c2ccccc2O[C@@H](c2ccc(Cl)cc2)[C@@H]1[Tl]. The van der Waals surface area contributed by atoms with Gasteiger partial charge in [0.15, 0.2) is 0 Å². The molecule has 1 heterocycles. The van der Waals surface area contributed by atoms with Crippen molar-refractivity contribution in [3.8, 4) is 5.75 Å². The summed E-state index contributed by atoms with van der Waals surface area (Å²) in [4.78, 5) is 12.4. The molecule has 0 amide bonds. The van der Waals surface area contributed by atoms with E-state index >= 15 is 0 Å². The van der Waals surface area contributed by atoms with Gasteiger partial charge in [0.25, 0.3) is 0 Å². The van der Waals surface area contributed by atoms with E-state index in [2.05, 4.69) is 0 Å². The van der Waals surface area contributed by atoms with Crippen molar-refractivity contribution in [2.24, 2.45) is 0 Å². The van der Waals surface area contributed by atoms with E-state index in [1.165, 1.54) is 0 Å². The van der Waals surface area contributed by atoms with Gasteiger partial charge in [-0.25, -0.2) is 0 Å². The van der Waals surface area contributed by atoms with E-state index in [1.807, 2.05) is 48.5 Å². The molecule has 1 aliphatic heterocycles. The first-order valence-electron chi connectivity index (χ1n) is 5.98. The van der Waals surface area contributed by atoms with Gasteiger partial charge in [-0.3, -0.25) is 0 Å². The predicted molar refractivity (Wildman–Crippen MR) is 75.1 cm³/mol. The number of benzene rings is 2. The van der Waals surface area contributed by atoms with E-state index < -0.39 is 0 Å². The average Bonchev–Trinajstić information content (AvgIpc) is 2.44. The molecule has 2 atom stereocenters. The number of fused-ring (bicyclic) bond motifs is 1. The summed E-state index contributed by atoms with van der Waals surface area (Å²) < 4.78 is 5.99. The van der Waals surface area contributed by atoms with Crippen molar-refractivity contribution in [1.29, 1.82) is 0 Å². The molecule has 2 aromatic carbocycles. The van der Waals surface area contributed by atoms with Gasteiger partial charge < -0.3 is 0 Å². The molecule has 0 radical (unpaired) electrons. The van der Waals surface area contributed by atoms with Gasteiger partial charge in [-0.05, 0) is 0 Å². The molecule has 0 N–H and O–H groups in total. The third-order valence-electron chi connectivity index (χ3n) is 3.23. The molecule has 2 nitrogen and oxygen atoms in total. The van der Waals surface area contributed by atoms with E-state index in [-0.39, 0.29) is 15.4 Å². The fraction of sp³-hybridized carbons (Fsp3) is 0.133. The molecule has 0 aromatic heterocycles. The Bertz CT molecular complexity index is 624. The molecule has 19 heavy (non-hydrogen) atoms. The number of carbonyl (C=O) groups is 1. The van der Waals surface area contributed by atoms with Crippen LogP contribution in [0.2, 0.25) is 8.50 Å². The predicted octanol–water partition coefficient (Wildman–Crippen LogP) is 3.61. The second kappa shape index (κ2) is 5.25. The van der Waals surface area contributed by atoms with Gasteiger partial charge in [0, 0.05) is 0 Å². The van der Waals surface area contributed by atoms with Crippen LogP contribution in [0.1, 0.15) is 22.0 Å². The van der Waals surface area contributed by atoms with E-state index in [1.54, 1.807) is 0 Å². The van der Waals surface area contributed by atoms with Crippen LogP contribution in [0.3, 0.4) is 0 Å². The molecule has 0 saturated heterocycles. The molecule has 0 spiro atoms. The van der Waals surface area contributed by atoms with Crippen molar-refractivity contribution in [1.82, 2.24) is 0 Å². The first-order valence-corrected chi connectivity index (χ1v) is 8.95. The number of hydrogen-bond donors (Lipinski definition) is 0. The zero-order valence-electron chi connectivity index (χ0n) is 10.0. The van der Waals surface area contributed by atoms with Crippen molar-refractivity contribution in [2.75, 3.05) is 0 Å². The summed E-state index contributed by atoms with van der Waals surface area (Å²) in [5.41, 5.74) is 1.72. The summed E-state index contributed by atoms with van der Waals surface area (Å²) >= 11 is 6.43. The van der Waals surface area contributed by atoms with E-state index in [9.17, 15) is 4.79 Å². The molecule has 2 aromatic rings. The van der Waals surface area contributed by atoms with Crippen LogP contribution in [0.5, 0.6) is 5.75 Å². The van der Waals surface area contributed by atoms with Crippen LogP contribution in [-0.4, -0.2) is 31.6 Å². The summed E-state index contributed by atoms with van der Waals surface area (Å²) in [5, 5.41) is 0.693. The normalized spacial score (nSPS) is 21.6. The first kappa shape index (κ1) is 13.1. The molecular formula is C15H10ClO2Tl. The van der Waals surface area contributed by atoms with Crippen LogP contribution in [-0.2, 0) is 0 Å². The molecule has 3 rings (SSSR count). The zero-order valence-corrected chi connectivity index (χ0v) is 15.3. The maximum atomic E-state index is 12.4. The Balaban J connectivity index is 2.01. The fourth-order valence-electron chi connectivity index (χ4n) is 2.23. The van der Waals surface area contributed by atoms with Crippen molar-refractivity contribution >= 4 is 43.2 Å². The summed E-state index contributed by atoms with van der Waals surface area (Å²) in [6.45, 7) is 0. The fourth-order valence-corrected chi connectivity index (χ4v) is 4.22. The van der Waals surface area contributed by atoms with Crippen molar-refractivity contribution in [3.05, 3.63) is 64.7 Å². The summed E-state index contributed by atoms with van der Waals surface area (Å²) in [5.74, 6) is 0.885. The average molecular weight is 462 g/mol. The Morgan fingerprint density at radius 1 is 1.05 bits per heavy atom. The number of Topliss-reactive ketones (excluding diaryl/α,β-unsaturated/α-hetero) is 1. The number of ether oxygens (including phenoxy) is 1. The Labute approximate surface area is 132 Å². The van der Waals surface area contributed by atoms with Crippen LogP contribution in [0.4, 0.5) is 0 Å². The number of carbonyl (C=O) groups excluding carboxylic acids is 1. The standard InChI is InChI=1S/C15H10ClO2.Tl/c16-11-7-5-10(6-8-11)15-9-13(17)12-3-1-2-4-14(12)18-15;/h1-9,15H;/t15-;/m1./s1. The molecule has 0 saturated carbocycles. The van der Waals surface area contributed by atoms with Crippen molar-refractivity contribution in [3.63, 3.8) is 0 Å². The molecule has 92 valence electrons. The van der Waals surface area contributed by atoms with Crippen LogP contribution in [0.25, 0.3) is 0 Å². The summed E-state index contributed by atoms with van der Waals surface area (Å²) in [6, 6.07) is 15.0. The third-order valence-corrected chi connectivity index (χ3v) is 6.02. The van der Waals surface area contributed by atoms with Gasteiger partial charge in [0.2, 0.25) is 0 Å². The van der Waals surface area contributed by atoms with E-state index in [0.717, 1.165) is 5.56 Å². The van der Waals surface area contributed by atoms with Crippen LogP contribution in [0.15, 0.2) is 48.5 Å². The number of hydrogen-bond acceptors (Lipinski definition) is 2. The van der Waals surface area contributed by atoms with Gasteiger partial charge in [-0.15, -0.1) is 0 Å². The number of para-hydroxylation sites is 1. The number of ketones is 1. The minimum absolute atomic E-state index is 0.0314. The van der Waals surface area contributed by atoms with Crippen molar-refractivity contribution < 1.29 is 9.53 Å². The van der Waals surface area contributed by atoms with Crippen LogP contribution < -0.4 is 4.74 Å². The summed E-state index contributed by atoms with van der Waals surface area (Å²) in [6.07, 6.45) is -0.176. The topological polar surface area (TPSA) is 26.3 Å². The van der Waals surface area contributed by atoms with E-state index in [0.29, 0.717) is 42.1 Å². The Hall–Kier alpha value is -0.878. The Kier molecular flexibility index (Phi) is 3.62. The molecule has 0 aliphatic carbocycles. The Morgan fingerprint density at radius 2 is 1.74 bits per heavy atom. The maximum absolute atomic E-state index is 12.4. The quantitative estimate of drug-likeness (QED) is 0.606. The Morgan fingerprint density at radius 3 is 2.47 bits per heavy atom. The van der Waals surface area contributed by atoms with Gasteiger partial charge >= 0.3 is 133 Å². The van der Waals surface area contributed by atoms with Gasteiger partial charge in [0.1, 0.15) is 0 Å². The zero-order chi connectivity index (χ0) is 13.4. The molecule has 4 heteroatoms. The van der Waals surface area contributed by atoms with Crippen molar-refractivity contribution in [2.45, 2.75) is 9.58 Å². The molecular weight excluding hydrogens is 452 g/mol. The third kappa shape index (κ3) is 2.43. The van der Waals surface area contributed by atoms with Crippen LogP contribution in [0, 0.1) is 0 Å². The van der Waals surface area contributed by atoms with Crippen LogP contribution >= 0.6 is 11.6 Å². The minimum atomic E-state index is -0.176. The second-order valence-corrected chi connectivity index (χ2v) is 7.70. The summed E-state index contributed by atoms with van der Waals surface area (Å²) in [7, 11) is 0. The monoisotopic (exact) mass is 462 g/mol. The van der Waals surface area contributed by atoms with E-state index in [4.69, 9.17) is 16.3 Å². The number of rotatable bonds is 1. The van der Waals surface area contributed by atoms with Gasteiger partial charge in [-0.1, -0.05) is 0 Å².